The Labute approximate surface area is 166 Å². The molecule has 4 heteroatoms. The number of aromatic nitrogens is 2. The monoisotopic (exact) mass is 371 g/mol. The second-order valence-electron chi connectivity index (χ2n) is 7.32. The molecule has 3 aromatic rings. The van der Waals surface area contributed by atoms with E-state index in [2.05, 4.69) is 24.3 Å². The average molecular weight is 371 g/mol. The molecule has 1 aliphatic carbocycles. The van der Waals surface area contributed by atoms with Crippen LogP contribution in [0.25, 0.3) is 16.9 Å². The molecule has 1 unspecified atom stereocenters. The van der Waals surface area contributed by atoms with Crippen LogP contribution in [0.1, 0.15) is 24.8 Å². The van der Waals surface area contributed by atoms with Gasteiger partial charge in [0.25, 0.3) is 0 Å². The van der Waals surface area contributed by atoms with Crippen molar-refractivity contribution in [2.45, 2.75) is 25.8 Å². The third-order valence-electron chi connectivity index (χ3n) is 5.26. The fourth-order valence-corrected chi connectivity index (χ4v) is 3.74. The van der Waals surface area contributed by atoms with E-state index in [1.54, 1.807) is 0 Å². The Morgan fingerprint density at radius 1 is 1.07 bits per heavy atom. The van der Waals surface area contributed by atoms with E-state index in [4.69, 9.17) is 5.10 Å². The van der Waals surface area contributed by atoms with Crippen LogP contribution in [-0.2, 0) is 11.3 Å². The molecule has 28 heavy (non-hydrogen) atoms. The van der Waals surface area contributed by atoms with E-state index in [1.807, 2.05) is 71.4 Å². The van der Waals surface area contributed by atoms with Gasteiger partial charge in [-0.25, -0.2) is 4.68 Å². The van der Waals surface area contributed by atoms with Gasteiger partial charge in [0.05, 0.1) is 11.4 Å². The summed E-state index contributed by atoms with van der Waals surface area (Å²) < 4.78 is 1.90. The highest BCUT2D eigenvalue weighted by atomic mass is 16.2. The molecule has 0 radical (unpaired) electrons. The molecule has 0 fully saturated rings. The lowest BCUT2D eigenvalue weighted by Crippen LogP contribution is -2.33. The summed E-state index contributed by atoms with van der Waals surface area (Å²) in [5, 5.41) is 4.84. The summed E-state index contributed by atoms with van der Waals surface area (Å²) in [6.45, 7) is 0.552. The molecule has 1 aromatic heterocycles. The Balaban J connectivity index is 1.64. The van der Waals surface area contributed by atoms with E-state index in [0.29, 0.717) is 6.54 Å². The molecule has 2 aromatic carbocycles. The normalized spacial score (nSPS) is 16.1. The zero-order valence-electron chi connectivity index (χ0n) is 16.2. The van der Waals surface area contributed by atoms with Crippen LogP contribution in [0.4, 0.5) is 0 Å². The molecule has 0 N–H and O–H groups in total. The van der Waals surface area contributed by atoms with Crippen molar-refractivity contribution in [1.29, 1.82) is 0 Å². The Morgan fingerprint density at radius 3 is 2.46 bits per heavy atom. The first-order valence-electron chi connectivity index (χ1n) is 9.82. The van der Waals surface area contributed by atoms with Crippen LogP contribution in [0.5, 0.6) is 0 Å². The average Bonchev–Trinajstić information content (AvgIpc) is 3.19. The summed E-state index contributed by atoms with van der Waals surface area (Å²) in [5.41, 5.74) is 4.05. The topological polar surface area (TPSA) is 38.1 Å². The highest BCUT2D eigenvalue weighted by molar-refractivity contribution is 5.79. The number of carbonyl (C=O) groups is 1. The fourth-order valence-electron chi connectivity index (χ4n) is 3.74. The van der Waals surface area contributed by atoms with Crippen LogP contribution in [0.15, 0.2) is 79.0 Å². The van der Waals surface area contributed by atoms with E-state index in [9.17, 15) is 4.79 Å². The minimum atomic E-state index is 0.0966. The maximum Gasteiger partial charge on any atom is 0.226 e. The van der Waals surface area contributed by atoms with Gasteiger partial charge in [-0.3, -0.25) is 4.79 Å². The van der Waals surface area contributed by atoms with Gasteiger partial charge in [-0.15, -0.1) is 0 Å². The molecule has 1 amide bonds. The lowest BCUT2D eigenvalue weighted by molar-refractivity contribution is -0.134. The van der Waals surface area contributed by atoms with E-state index in [0.717, 1.165) is 41.8 Å². The third kappa shape index (κ3) is 3.91. The van der Waals surface area contributed by atoms with Crippen LogP contribution in [0, 0.1) is 5.92 Å². The summed E-state index contributed by atoms with van der Waals surface area (Å²) in [6.07, 6.45) is 9.12. The third-order valence-corrected chi connectivity index (χ3v) is 5.26. The van der Waals surface area contributed by atoms with Gasteiger partial charge < -0.3 is 4.90 Å². The number of carbonyl (C=O) groups excluding carboxylic acids is 1. The first-order valence-corrected chi connectivity index (χ1v) is 9.82. The number of nitrogens with zero attached hydrogens (tertiary/aromatic N) is 3. The summed E-state index contributed by atoms with van der Waals surface area (Å²) in [6, 6.07) is 20.2. The molecular formula is C24H25N3O. The quantitative estimate of drug-likeness (QED) is 0.601. The molecule has 0 saturated carbocycles. The van der Waals surface area contributed by atoms with Crippen molar-refractivity contribution in [3.63, 3.8) is 0 Å². The minimum Gasteiger partial charge on any atom is -0.341 e. The Morgan fingerprint density at radius 2 is 1.79 bits per heavy atom. The van der Waals surface area contributed by atoms with Crippen molar-refractivity contribution < 1.29 is 4.79 Å². The number of benzene rings is 2. The molecular weight excluding hydrogens is 346 g/mol. The predicted molar refractivity (Wildman–Crippen MR) is 112 cm³/mol. The number of allylic oxidation sites excluding steroid dienone is 2. The van der Waals surface area contributed by atoms with Crippen LogP contribution in [0.3, 0.4) is 0 Å². The van der Waals surface area contributed by atoms with Gasteiger partial charge in [0, 0.05) is 36.8 Å². The van der Waals surface area contributed by atoms with Gasteiger partial charge in [0.2, 0.25) is 5.91 Å². The lowest BCUT2D eigenvalue weighted by Gasteiger charge is -2.24. The fraction of sp³-hybridized carbons (Fsp3) is 0.250. The van der Waals surface area contributed by atoms with Crippen molar-refractivity contribution in [3.8, 4) is 16.9 Å². The second kappa shape index (κ2) is 8.26. The van der Waals surface area contributed by atoms with Crippen LogP contribution in [-0.4, -0.2) is 27.6 Å². The highest BCUT2D eigenvalue weighted by Gasteiger charge is 2.23. The second-order valence-corrected chi connectivity index (χ2v) is 7.32. The molecule has 1 aliphatic rings. The van der Waals surface area contributed by atoms with Gasteiger partial charge in [-0.2, -0.15) is 5.10 Å². The SMILES string of the molecule is CN(Cc1cn(-c2ccccc2)nc1-c1ccccc1)C(=O)C1CC=CCC1. The van der Waals surface area contributed by atoms with Crippen LogP contribution in [0.2, 0.25) is 0 Å². The molecule has 0 saturated heterocycles. The molecule has 0 aliphatic heterocycles. The Hall–Kier alpha value is -3.14. The number of amides is 1. The first-order chi connectivity index (χ1) is 13.7. The minimum absolute atomic E-state index is 0.0966. The molecule has 4 rings (SSSR count). The Bertz CT molecular complexity index is 960. The van der Waals surface area contributed by atoms with E-state index < -0.39 is 0 Å². The Kier molecular flexibility index (Phi) is 5.38. The summed E-state index contributed by atoms with van der Waals surface area (Å²) >= 11 is 0. The van der Waals surface area contributed by atoms with Crippen molar-refractivity contribution in [2.24, 2.45) is 5.92 Å². The molecule has 1 atom stereocenters. The number of hydrogen-bond donors (Lipinski definition) is 0. The van der Waals surface area contributed by atoms with Gasteiger partial charge in [-0.05, 0) is 31.4 Å². The molecule has 4 nitrogen and oxygen atoms in total. The summed E-state index contributed by atoms with van der Waals surface area (Å²) in [4.78, 5) is 14.7. The predicted octanol–water partition coefficient (Wildman–Crippen LogP) is 4.85. The van der Waals surface area contributed by atoms with Gasteiger partial charge >= 0.3 is 0 Å². The summed E-state index contributed by atoms with van der Waals surface area (Å²) in [7, 11) is 1.90. The number of hydrogen-bond acceptors (Lipinski definition) is 2. The molecule has 142 valence electrons. The molecule has 1 heterocycles. The zero-order chi connectivity index (χ0) is 19.3. The largest absolute Gasteiger partial charge is 0.341 e. The van der Waals surface area contributed by atoms with Crippen molar-refractivity contribution >= 4 is 5.91 Å². The standard InChI is InChI=1S/C24H25N3O/c1-26(24(28)20-13-7-3-8-14-20)17-21-18-27(22-15-9-4-10-16-22)25-23(21)19-11-5-2-6-12-19/h2-7,9-12,15-16,18,20H,8,13-14,17H2,1H3. The van der Waals surface area contributed by atoms with Crippen molar-refractivity contribution in [2.75, 3.05) is 7.05 Å². The van der Waals surface area contributed by atoms with Gasteiger partial charge in [0.1, 0.15) is 0 Å². The van der Waals surface area contributed by atoms with E-state index in [-0.39, 0.29) is 11.8 Å². The number of rotatable bonds is 5. The lowest BCUT2D eigenvalue weighted by atomic mass is 9.93. The van der Waals surface area contributed by atoms with Crippen molar-refractivity contribution in [1.82, 2.24) is 14.7 Å². The van der Waals surface area contributed by atoms with E-state index >= 15 is 0 Å². The maximum absolute atomic E-state index is 12.9. The first kappa shape index (κ1) is 18.2. The van der Waals surface area contributed by atoms with Crippen LogP contribution < -0.4 is 0 Å². The molecule has 0 spiro atoms. The van der Waals surface area contributed by atoms with E-state index in [1.165, 1.54) is 0 Å². The molecule has 0 bridgehead atoms. The van der Waals surface area contributed by atoms with Gasteiger partial charge in [0.15, 0.2) is 0 Å². The highest BCUT2D eigenvalue weighted by Crippen LogP contribution is 2.26. The zero-order valence-corrected chi connectivity index (χ0v) is 16.2. The van der Waals surface area contributed by atoms with Crippen molar-refractivity contribution in [3.05, 3.63) is 84.6 Å². The van der Waals surface area contributed by atoms with Crippen LogP contribution >= 0.6 is 0 Å². The smallest absolute Gasteiger partial charge is 0.226 e. The maximum atomic E-state index is 12.9. The number of para-hydroxylation sites is 1. The van der Waals surface area contributed by atoms with Gasteiger partial charge in [-0.1, -0.05) is 60.7 Å². The summed E-state index contributed by atoms with van der Waals surface area (Å²) in [5.74, 6) is 0.315.